The zero-order valence-corrected chi connectivity index (χ0v) is 17.6. The van der Waals surface area contributed by atoms with Crippen molar-refractivity contribution in [3.8, 4) is 11.5 Å². The van der Waals surface area contributed by atoms with E-state index < -0.39 is 11.8 Å². The smallest absolute Gasteiger partial charge is 0.273 e. The highest BCUT2D eigenvalue weighted by Gasteiger charge is 2.15. The van der Waals surface area contributed by atoms with Gasteiger partial charge >= 0.3 is 0 Å². The standard InChI is InChI=1S/C22H25N3O4S/c1-3-5-15-29-18-12-8-6-10-16(18)20(26)23-22(30)25-24-21(27)17-11-7-9-13-19(17)28-14-4-2/h4,6-13H,2-3,5,14-15H2,1H3,(H,24,27)(H2,23,25,26,30). The number of hydrogen-bond acceptors (Lipinski definition) is 5. The maximum atomic E-state index is 12.5. The van der Waals surface area contributed by atoms with Gasteiger partial charge in [0.15, 0.2) is 5.11 Å². The molecule has 8 heteroatoms. The summed E-state index contributed by atoms with van der Waals surface area (Å²) < 4.78 is 11.1. The number of nitrogens with one attached hydrogen (secondary N) is 3. The summed E-state index contributed by atoms with van der Waals surface area (Å²) in [6.07, 6.45) is 3.46. The Morgan fingerprint density at radius 1 is 0.967 bits per heavy atom. The summed E-state index contributed by atoms with van der Waals surface area (Å²) in [5.41, 5.74) is 5.64. The quantitative estimate of drug-likeness (QED) is 0.246. The molecule has 0 atom stereocenters. The second-order valence-corrected chi connectivity index (χ2v) is 6.56. The Morgan fingerprint density at radius 2 is 1.57 bits per heavy atom. The van der Waals surface area contributed by atoms with Gasteiger partial charge in [-0.1, -0.05) is 50.3 Å². The van der Waals surface area contributed by atoms with Gasteiger partial charge in [-0.2, -0.15) is 0 Å². The largest absolute Gasteiger partial charge is 0.493 e. The summed E-state index contributed by atoms with van der Waals surface area (Å²) in [5, 5.41) is 2.47. The molecule has 0 aromatic heterocycles. The summed E-state index contributed by atoms with van der Waals surface area (Å²) in [6, 6.07) is 13.7. The van der Waals surface area contributed by atoms with Crippen molar-refractivity contribution in [2.45, 2.75) is 19.8 Å². The molecule has 2 aromatic rings. The molecule has 0 fully saturated rings. The Labute approximate surface area is 181 Å². The van der Waals surface area contributed by atoms with Crippen LogP contribution in [-0.4, -0.2) is 30.1 Å². The van der Waals surface area contributed by atoms with Gasteiger partial charge in [0.05, 0.1) is 17.7 Å². The summed E-state index contributed by atoms with van der Waals surface area (Å²) in [5.74, 6) is -0.0217. The SMILES string of the molecule is C=CCOc1ccccc1C(=O)NNC(=S)NC(=O)c1ccccc1OCCCC. The van der Waals surface area contributed by atoms with Gasteiger partial charge in [0, 0.05) is 0 Å². The molecule has 0 aliphatic heterocycles. The molecule has 0 saturated heterocycles. The van der Waals surface area contributed by atoms with Gasteiger partial charge in [-0.3, -0.25) is 25.8 Å². The van der Waals surface area contributed by atoms with Crippen molar-refractivity contribution in [2.24, 2.45) is 0 Å². The van der Waals surface area contributed by atoms with Gasteiger partial charge in [-0.15, -0.1) is 0 Å². The molecule has 30 heavy (non-hydrogen) atoms. The second kappa shape index (κ2) is 12.2. The lowest BCUT2D eigenvalue weighted by Crippen LogP contribution is -2.48. The van der Waals surface area contributed by atoms with E-state index in [4.69, 9.17) is 21.7 Å². The van der Waals surface area contributed by atoms with Gasteiger partial charge in [0.25, 0.3) is 11.8 Å². The summed E-state index contributed by atoms with van der Waals surface area (Å²) in [6.45, 7) is 6.44. The molecular weight excluding hydrogens is 402 g/mol. The van der Waals surface area contributed by atoms with Crippen molar-refractivity contribution in [1.82, 2.24) is 16.2 Å². The Hall–Kier alpha value is -3.39. The predicted octanol–water partition coefficient (Wildman–Crippen LogP) is 3.38. The van der Waals surface area contributed by atoms with Crippen molar-refractivity contribution in [1.29, 1.82) is 0 Å². The fourth-order valence-corrected chi connectivity index (χ4v) is 2.56. The van der Waals surface area contributed by atoms with E-state index in [9.17, 15) is 9.59 Å². The number of unbranched alkanes of at least 4 members (excludes halogenated alkanes) is 1. The molecule has 0 unspecified atom stereocenters. The molecule has 158 valence electrons. The molecule has 7 nitrogen and oxygen atoms in total. The van der Waals surface area contributed by atoms with Gasteiger partial charge < -0.3 is 9.47 Å². The summed E-state index contributed by atoms with van der Waals surface area (Å²) >= 11 is 5.11. The molecule has 0 aliphatic carbocycles. The van der Waals surface area contributed by atoms with Crippen LogP contribution in [0.4, 0.5) is 0 Å². The highest BCUT2D eigenvalue weighted by atomic mass is 32.1. The number of hydrogen-bond donors (Lipinski definition) is 3. The lowest BCUT2D eigenvalue weighted by molar-refractivity contribution is 0.0930. The van der Waals surface area contributed by atoms with E-state index in [1.54, 1.807) is 54.6 Å². The molecule has 2 amide bonds. The molecule has 3 N–H and O–H groups in total. The van der Waals surface area contributed by atoms with Crippen LogP contribution in [0.2, 0.25) is 0 Å². The summed E-state index contributed by atoms with van der Waals surface area (Å²) in [7, 11) is 0. The molecule has 0 radical (unpaired) electrons. The number of hydrazine groups is 1. The predicted molar refractivity (Wildman–Crippen MR) is 120 cm³/mol. The number of benzene rings is 2. The maximum absolute atomic E-state index is 12.5. The third kappa shape index (κ3) is 6.89. The van der Waals surface area contributed by atoms with E-state index in [1.165, 1.54) is 0 Å². The molecule has 0 saturated carbocycles. The maximum Gasteiger partial charge on any atom is 0.273 e. The minimum atomic E-state index is -0.463. The average Bonchev–Trinajstić information content (AvgIpc) is 2.76. The second-order valence-electron chi connectivity index (χ2n) is 6.16. The van der Waals surface area contributed by atoms with Crippen LogP contribution >= 0.6 is 12.2 Å². The van der Waals surface area contributed by atoms with Gasteiger partial charge in [-0.25, -0.2) is 0 Å². The fourth-order valence-electron chi connectivity index (χ4n) is 2.42. The number of carbonyl (C=O) groups is 2. The van der Waals surface area contributed by atoms with Gasteiger partial charge in [0.2, 0.25) is 0 Å². The first-order valence-electron chi connectivity index (χ1n) is 9.53. The third-order valence-electron chi connectivity index (χ3n) is 3.89. The van der Waals surface area contributed by atoms with E-state index in [0.717, 1.165) is 12.8 Å². The van der Waals surface area contributed by atoms with E-state index in [1.807, 2.05) is 0 Å². The zero-order valence-electron chi connectivity index (χ0n) is 16.8. The first-order valence-corrected chi connectivity index (χ1v) is 9.93. The van der Waals surface area contributed by atoms with Crippen molar-refractivity contribution < 1.29 is 19.1 Å². The number of amides is 2. The van der Waals surface area contributed by atoms with Crippen LogP contribution in [0.3, 0.4) is 0 Å². The third-order valence-corrected chi connectivity index (χ3v) is 4.10. The first kappa shape index (κ1) is 22.9. The zero-order chi connectivity index (χ0) is 21.8. The van der Waals surface area contributed by atoms with Crippen molar-refractivity contribution in [3.63, 3.8) is 0 Å². The highest BCUT2D eigenvalue weighted by Crippen LogP contribution is 2.19. The number of rotatable bonds is 9. The Morgan fingerprint density at radius 3 is 2.20 bits per heavy atom. The number of thiocarbonyl (C=S) groups is 1. The van der Waals surface area contributed by atoms with Crippen LogP contribution in [-0.2, 0) is 0 Å². The molecular formula is C22H25N3O4S. The van der Waals surface area contributed by atoms with Crippen molar-refractivity contribution in [2.75, 3.05) is 13.2 Å². The summed E-state index contributed by atoms with van der Waals surface area (Å²) in [4.78, 5) is 25.0. The number of carbonyl (C=O) groups excluding carboxylic acids is 2. The van der Waals surface area contributed by atoms with Crippen LogP contribution in [0.5, 0.6) is 11.5 Å². The highest BCUT2D eigenvalue weighted by molar-refractivity contribution is 7.80. The molecule has 0 aliphatic rings. The van der Waals surface area contributed by atoms with Crippen LogP contribution < -0.4 is 25.6 Å². The van der Waals surface area contributed by atoms with Crippen molar-refractivity contribution >= 4 is 29.1 Å². The number of para-hydroxylation sites is 2. The topological polar surface area (TPSA) is 88.7 Å². The van der Waals surface area contributed by atoms with Crippen LogP contribution in [0.15, 0.2) is 61.2 Å². The van der Waals surface area contributed by atoms with E-state index in [2.05, 4.69) is 29.7 Å². The lowest BCUT2D eigenvalue weighted by Gasteiger charge is -2.14. The Balaban J connectivity index is 1.93. The molecule has 0 spiro atoms. The lowest BCUT2D eigenvalue weighted by atomic mass is 10.2. The van der Waals surface area contributed by atoms with Crippen LogP contribution in [0.25, 0.3) is 0 Å². The van der Waals surface area contributed by atoms with Crippen LogP contribution in [0.1, 0.15) is 40.5 Å². The van der Waals surface area contributed by atoms with E-state index in [-0.39, 0.29) is 11.7 Å². The molecule has 0 heterocycles. The van der Waals surface area contributed by atoms with E-state index in [0.29, 0.717) is 29.2 Å². The van der Waals surface area contributed by atoms with E-state index >= 15 is 0 Å². The monoisotopic (exact) mass is 427 g/mol. The molecule has 0 bridgehead atoms. The molecule has 2 rings (SSSR count). The average molecular weight is 428 g/mol. The first-order chi connectivity index (χ1) is 14.6. The van der Waals surface area contributed by atoms with Gasteiger partial charge in [0.1, 0.15) is 18.1 Å². The number of ether oxygens (including phenoxy) is 2. The van der Waals surface area contributed by atoms with Crippen LogP contribution in [0, 0.1) is 0 Å². The minimum absolute atomic E-state index is 0.0544. The Bertz CT molecular complexity index is 901. The fraction of sp³-hybridized carbons (Fsp3) is 0.227. The minimum Gasteiger partial charge on any atom is -0.493 e. The normalized spacial score (nSPS) is 9.90. The molecule has 2 aromatic carbocycles. The Kier molecular flexibility index (Phi) is 9.33. The van der Waals surface area contributed by atoms with Crippen molar-refractivity contribution in [3.05, 3.63) is 72.3 Å². The van der Waals surface area contributed by atoms with Gasteiger partial charge in [-0.05, 0) is 42.9 Å².